The zero-order chi connectivity index (χ0) is 19.1. The zero-order valence-electron chi connectivity index (χ0n) is 15.1. The van der Waals surface area contributed by atoms with Crippen LogP contribution in [0.3, 0.4) is 0 Å². The summed E-state index contributed by atoms with van der Waals surface area (Å²) in [6.45, 7) is 3.61. The van der Waals surface area contributed by atoms with Crippen LogP contribution in [0.2, 0.25) is 0 Å². The number of aromatic nitrogens is 1. The molecule has 1 N–H and O–H groups in total. The maximum Gasteiger partial charge on any atom is 0.257 e. The molecule has 1 amide bonds. The van der Waals surface area contributed by atoms with Crippen LogP contribution in [0.5, 0.6) is 0 Å². The Morgan fingerprint density at radius 3 is 2.67 bits per heavy atom. The lowest BCUT2D eigenvalue weighted by molar-refractivity contribution is 0.102. The number of amides is 1. The first-order valence-electron chi connectivity index (χ1n) is 8.75. The van der Waals surface area contributed by atoms with Crippen molar-refractivity contribution in [2.75, 3.05) is 16.8 Å². The summed E-state index contributed by atoms with van der Waals surface area (Å²) in [7, 11) is 0. The van der Waals surface area contributed by atoms with E-state index in [9.17, 15) is 4.79 Å². The summed E-state index contributed by atoms with van der Waals surface area (Å²) in [4.78, 5) is 19.0. The molecule has 0 fully saturated rings. The van der Waals surface area contributed by atoms with Gasteiger partial charge in [-0.1, -0.05) is 36.4 Å². The van der Waals surface area contributed by atoms with E-state index >= 15 is 0 Å². The average Bonchev–Trinajstić information content (AvgIpc) is 2.73. The number of hydrogen-bond donors (Lipinski definition) is 1. The molecule has 0 saturated carbocycles. The Hall–Kier alpha value is -3.65. The number of pyridine rings is 1. The molecule has 5 heteroatoms. The number of carbonyl (C=O) groups excluding carboxylic acids is 1. The van der Waals surface area contributed by atoms with Crippen LogP contribution in [0, 0.1) is 11.3 Å². The number of hydrogen-bond acceptors (Lipinski definition) is 4. The third-order valence-electron chi connectivity index (χ3n) is 4.20. The van der Waals surface area contributed by atoms with E-state index in [1.54, 1.807) is 36.7 Å². The van der Waals surface area contributed by atoms with Crippen molar-refractivity contribution in [3.05, 3.63) is 89.7 Å². The highest BCUT2D eigenvalue weighted by molar-refractivity contribution is 6.04. The normalized spacial score (nSPS) is 10.1. The molecule has 0 spiro atoms. The van der Waals surface area contributed by atoms with Crippen molar-refractivity contribution < 1.29 is 4.79 Å². The average molecular weight is 356 g/mol. The maximum atomic E-state index is 12.6. The Bertz CT molecular complexity index is 963. The van der Waals surface area contributed by atoms with Crippen LogP contribution in [-0.2, 0) is 6.54 Å². The van der Waals surface area contributed by atoms with Crippen molar-refractivity contribution in [3.8, 4) is 6.07 Å². The highest BCUT2D eigenvalue weighted by atomic mass is 16.1. The monoisotopic (exact) mass is 356 g/mol. The summed E-state index contributed by atoms with van der Waals surface area (Å²) in [5.41, 5.74) is 3.64. The predicted molar refractivity (Wildman–Crippen MR) is 107 cm³/mol. The fourth-order valence-corrected chi connectivity index (χ4v) is 2.78. The number of anilines is 2. The minimum Gasteiger partial charge on any atom is -0.366 e. The number of nitrogens with zero attached hydrogens (tertiary/aromatic N) is 3. The van der Waals surface area contributed by atoms with Crippen LogP contribution in [0.25, 0.3) is 0 Å². The van der Waals surface area contributed by atoms with Crippen LogP contribution in [-0.4, -0.2) is 17.4 Å². The van der Waals surface area contributed by atoms with Gasteiger partial charge in [-0.15, -0.1) is 0 Å². The molecule has 0 bridgehead atoms. The third kappa shape index (κ3) is 4.71. The zero-order valence-corrected chi connectivity index (χ0v) is 15.1. The fraction of sp³-hybridized carbons (Fsp3) is 0.136. The van der Waals surface area contributed by atoms with Gasteiger partial charge in [-0.3, -0.25) is 9.78 Å². The van der Waals surface area contributed by atoms with Gasteiger partial charge in [-0.05, 0) is 36.8 Å². The summed E-state index contributed by atoms with van der Waals surface area (Å²) in [6, 6.07) is 20.9. The second-order valence-corrected chi connectivity index (χ2v) is 6.08. The standard InChI is InChI=1S/C22H20N4O/c1-2-26(16-17-7-4-3-5-8-17)21-12-19(14-24-15-21)22(27)25-20-10-6-9-18(11-20)13-23/h3-12,14-15H,2,16H2,1H3,(H,25,27). The van der Waals surface area contributed by atoms with E-state index in [1.807, 2.05) is 24.3 Å². The lowest BCUT2D eigenvalue weighted by Crippen LogP contribution is -2.23. The van der Waals surface area contributed by atoms with Crippen molar-refractivity contribution in [3.63, 3.8) is 0 Å². The van der Waals surface area contributed by atoms with Gasteiger partial charge in [0.25, 0.3) is 5.91 Å². The van der Waals surface area contributed by atoms with Crippen LogP contribution < -0.4 is 10.2 Å². The van der Waals surface area contributed by atoms with Gasteiger partial charge in [-0.25, -0.2) is 0 Å². The van der Waals surface area contributed by atoms with Crippen molar-refractivity contribution in [2.45, 2.75) is 13.5 Å². The van der Waals surface area contributed by atoms with E-state index in [0.29, 0.717) is 16.8 Å². The Labute approximate surface area is 158 Å². The van der Waals surface area contributed by atoms with Crippen molar-refractivity contribution in [1.29, 1.82) is 5.26 Å². The van der Waals surface area contributed by atoms with E-state index in [4.69, 9.17) is 5.26 Å². The molecular weight excluding hydrogens is 336 g/mol. The molecule has 27 heavy (non-hydrogen) atoms. The first-order chi connectivity index (χ1) is 13.2. The maximum absolute atomic E-state index is 12.6. The van der Waals surface area contributed by atoms with E-state index in [0.717, 1.165) is 18.8 Å². The summed E-state index contributed by atoms with van der Waals surface area (Å²) in [5, 5.41) is 11.8. The molecule has 1 aromatic heterocycles. The summed E-state index contributed by atoms with van der Waals surface area (Å²) in [6.07, 6.45) is 3.31. The fourth-order valence-electron chi connectivity index (χ4n) is 2.78. The van der Waals surface area contributed by atoms with Crippen LogP contribution in [0.1, 0.15) is 28.4 Å². The molecule has 3 rings (SSSR count). The molecule has 0 aliphatic carbocycles. The smallest absolute Gasteiger partial charge is 0.257 e. The molecule has 0 aliphatic heterocycles. The molecule has 0 radical (unpaired) electrons. The first kappa shape index (κ1) is 18.2. The minimum absolute atomic E-state index is 0.254. The van der Waals surface area contributed by atoms with Crippen LogP contribution in [0.4, 0.5) is 11.4 Å². The number of carbonyl (C=O) groups is 1. The van der Waals surface area contributed by atoms with Crippen LogP contribution in [0.15, 0.2) is 73.1 Å². The Kier molecular flexibility index (Phi) is 5.80. The molecule has 0 atom stereocenters. The lowest BCUT2D eigenvalue weighted by atomic mass is 10.1. The summed E-state index contributed by atoms with van der Waals surface area (Å²) >= 11 is 0. The van der Waals surface area contributed by atoms with Gasteiger partial charge < -0.3 is 10.2 Å². The van der Waals surface area contributed by atoms with Gasteiger partial charge in [0, 0.05) is 25.0 Å². The van der Waals surface area contributed by atoms with Gasteiger partial charge in [0.15, 0.2) is 0 Å². The molecule has 5 nitrogen and oxygen atoms in total. The lowest BCUT2D eigenvalue weighted by Gasteiger charge is -2.23. The Morgan fingerprint density at radius 2 is 1.93 bits per heavy atom. The van der Waals surface area contributed by atoms with Crippen molar-refractivity contribution >= 4 is 17.3 Å². The molecule has 3 aromatic rings. The second-order valence-electron chi connectivity index (χ2n) is 6.08. The SMILES string of the molecule is CCN(Cc1ccccc1)c1cncc(C(=O)Nc2cccc(C#N)c2)c1. The predicted octanol–water partition coefficient (Wildman–Crippen LogP) is 4.23. The number of nitriles is 1. The number of benzene rings is 2. The Balaban J connectivity index is 1.77. The molecule has 0 aliphatic rings. The van der Waals surface area contributed by atoms with Crippen molar-refractivity contribution in [2.24, 2.45) is 0 Å². The van der Waals surface area contributed by atoms with Gasteiger partial charge in [0.2, 0.25) is 0 Å². The highest BCUT2D eigenvalue weighted by Crippen LogP contribution is 2.19. The highest BCUT2D eigenvalue weighted by Gasteiger charge is 2.11. The minimum atomic E-state index is -0.254. The first-order valence-corrected chi connectivity index (χ1v) is 8.75. The van der Waals surface area contributed by atoms with Gasteiger partial charge in [0.05, 0.1) is 29.1 Å². The quantitative estimate of drug-likeness (QED) is 0.717. The van der Waals surface area contributed by atoms with Crippen LogP contribution >= 0.6 is 0 Å². The summed E-state index contributed by atoms with van der Waals surface area (Å²) < 4.78 is 0. The second kappa shape index (κ2) is 8.63. The topological polar surface area (TPSA) is 69.0 Å². The molecule has 0 unspecified atom stereocenters. The molecule has 1 heterocycles. The number of rotatable bonds is 6. The van der Waals surface area contributed by atoms with E-state index in [2.05, 4.69) is 40.3 Å². The van der Waals surface area contributed by atoms with Gasteiger partial charge in [0.1, 0.15) is 0 Å². The third-order valence-corrected chi connectivity index (χ3v) is 4.20. The molecule has 0 saturated heterocycles. The van der Waals surface area contributed by atoms with E-state index in [-0.39, 0.29) is 5.91 Å². The largest absolute Gasteiger partial charge is 0.366 e. The van der Waals surface area contributed by atoms with E-state index in [1.165, 1.54) is 5.56 Å². The van der Waals surface area contributed by atoms with Gasteiger partial charge in [-0.2, -0.15) is 5.26 Å². The van der Waals surface area contributed by atoms with E-state index < -0.39 is 0 Å². The molecule has 134 valence electrons. The van der Waals surface area contributed by atoms with Gasteiger partial charge >= 0.3 is 0 Å². The summed E-state index contributed by atoms with van der Waals surface area (Å²) in [5.74, 6) is -0.254. The molecular formula is C22H20N4O. The molecule has 2 aromatic carbocycles. The number of nitrogens with one attached hydrogen (secondary N) is 1. The van der Waals surface area contributed by atoms with Crippen molar-refractivity contribution in [1.82, 2.24) is 4.98 Å². The Morgan fingerprint density at radius 1 is 1.11 bits per heavy atom.